The monoisotopic (exact) mass is 580 g/mol. The second kappa shape index (κ2) is 13.3. The number of benzene rings is 2. The van der Waals surface area contributed by atoms with Crippen molar-refractivity contribution in [3.8, 4) is 5.75 Å². The molecule has 0 aliphatic carbocycles. The van der Waals surface area contributed by atoms with E-state index in [4.69, 9.17) is 25.8 Å². The highest BCUT2D eigenvalue weighted by Crippen LogP contribution is 2.43. The molecular weight excluding hydrogens is 556 g/mol. The van der Waals surface area contributed by atoms with Gasteiger partial charge in [-0.15, -0.1) is 10.2 Å². The zero-order valence-electron chi connectivity index (χ0n) is 22.2. The van der Waals surface area contributed by atoms with Crippen molar-refractivity contribution in [2.45, 2.75) is 47.1 Å². The van der Waals surface area contributed by atoms with Crippen LogP contribution in [0.3, 0.4) is 0 Å². The van der Waals surface area contributed by atoms with Gasteiger partial charge in [0.1, 0.15) is 11.4 Å². The Morgan fingerprint density at radius 3 is 1.98 bits per heavy atom. The molecule has 0 bridgehead atoms. The number of nitrogens with one attached hydrogen (secondary N) is 1. The summed E-state index contributed by atoms with van der Waals surface area (Å²) in [5.41, 5.74) is -1.69. The highest BCUT2D eigenvalue weighted by molar-refractivity contribution is 6.33. The van der Waals surface area contributed by atoms with Crippen molar-refractivity contribution in [1.29, 1.82) is 0 Å². The Hall–Kier alpha value is -4.86. The van der Waals surface area contributed by atoms with Gasteiger partial charge in [-0.05, 0) is 19.9 Å². The molecule has 0 aliphatic rings. The third-order valence-corrected chi connectivity index (χ3v) is 5.32. The van der Waals surface area contributed by atoms with Crippen molar-refractivity contribution in [3.05, 3.63) is 49.5 Å². The van der Waals surface area contributed by atoms with E-state index in [-0.39, 0.29) is 22.8 Å². The van der Waals surface area contributed by atoms with Gasteiger partial charge in [-0.25, -0.2) is 0 Å². The van der Waals surface area contributed by atoms with E-state index in [0.717, 1.165) is 6.07 Å². The SMILES string of the molecule is COc1cc(/N=N/c2c(Cl)cc([N+](=O)[O-])cc2[N+](=O)[O-])c(NC(C)=O)cc1N(C(C)OC(C)=O)C(C)OC(C)=O. The molecule has 0 aromatic heterocycles. The fourth-order valence-corrected chi connectivity index (χ4v) is 3.84. The second-order valence-corrected chi connectivity index (χ2v) is 8.46. The minimum Gasteiger partial charge on any atom is -0.494 e. The van der Waals surface area contributed by atoms with E-state index < -0.39 is 62.2 Å². The van der Waals surface area contributed by atoms with Crippen LogP contribution >= 0.6 is 11.6 Å². The smallest absolute Gasteiger partial charge is 0.305 e. The van der Waals surface area contributed by atoms with Crippen molar-refractivity contribution in [2.75, 3.05) is 17.3 Å². The quantitative estimate of drug-likeness (QED) is 0.121. The van der Waals surface area contributed by atoms with Gasteiger partial charge in [-0.1, -0.05) is 11.6 Å². The predicted octanol–water partition coefficient (Wildman–Crippen LogP) is 5.16. The van der Waals surface area contributed by atoms with Crippen LogP contribution in [0.5, 0.6) is 5.75 Å². The van der Waals surface area contributed by atoms with Crippen molar-refractivity contribution >= 4 is 63.6 Å². The molecule has 1 amide bonds. The Morgan fingerprint density at radius 2 is 1.52 bits per heavy atom. The number of anilines is 2. The highest BCUT2D eigenvalue weighted by atomic mass is 35.5. The maximum atomic E-state index is 12.0. The van der Waals surface area contributed by atoms with Gasteiger partial charge in [-0.2, -0.15) is 0 Å². The number of ether oxygens (including phenoxy) is 3. The Bertz CT molecular complexity index is 1360. The molecule has 0 fully saturated rings. The minimum absolute atomic E-state index is 0.0304. The molecule has 0 aliphatic heterocycles. The number of nitro benzene ring substituents is 2. The number of carbonyl (C=O) groups excluding carboxylic acids is 3. The summed E-state index contributed by atoms with van der Waals surface area (Å²) in [6.45, 7) is 6.63. The van der Waals surface area contributed by atoms with Crippen LogP contribution < -0.4 is 15.0 Å². The van der Waals surface area contributed by atoms with Crippen molar-refractivity contribution in [3.63, 3.8) is 0 Å². The van der Waals surface area contributed by atoms with Gasteiger partial charge in [-0.3, -0.25) is 39.5 Å². The Labute approximate surface area is 232 Å². The van der Waals surface area contributed by atoms with Gasteiger partial charge in [0.2, 0.25) is 5.91 Å². The summed E-state index contributed by atoms with van der Waals surface area (Å²) in [6, 6.07) is 4.25. The number of esters is 2. The molecule has 40 heavy (non-hydrogen) atoms. The zero-order valence-corrected chi connectivity index (χ0v) is 22.9. The Balaban J connectivity index is 2.76. The molecule has 1 N–H and O–H groups in total. The molecule has 0 radical (unpaired) electrons. The van der Waals surface area contributed by atoms with E-state index in [9.17, 15) is 34.6 Å². The van der Waals surface area contributed by atoms with Crippen LogP contribution in [0.15, 0.2) is 34.5 Å². The van der Waals surface area contributed by atoms with Gasteiger partial charge in [0, 0.05) is 32.9 Å². The number of nitrogens with zero attached hydrogens (tertiary/aromatic N) is 5. The molecule has 0 saturated heterocycles. The first-order valence-corrected chi connectivity index (χ1v) is 11.7. The first-order valence-electron chi connectivity index (χ1n) is 11.3. The number of rotatable bonds is 11. The average molecular weight is 581 g/mol. The lowest BCUT2D eigenvalue weighted by Crippen LogP contribution is -2.45. The van der Waals surface area contributed by atoms with Crippen LogP contribution in [0.2, 0.25) is 5.02 Å². The Morgan fingerprint density at radius 1 is 0.950 bits per heavy atom. The molecule has 2 atom stereocenters. The molecule has 214 valence electrons. The predicted molar refractivity (Wildman–Crippen MR) is 141 cm³/mol. The molecule has 17 heteroatoms. The summed E-state index contributed by atoms with van der Waals surface area (Å²) >= 11 is 6.04. The third-order valence-electron chi connectivity index (χ3n) is 5.04. The van der Waals surface area contributed by atoms with E-state index in [1.54, 1.807) is 0 Å². The standard InChI is InChI=1S/C23H25ClN6O10/c1-11(31)25-18-9-20(28(12(2)39-14(4)32)13(3)40-15(5)33)22(38-6)10-19(18)26-27-23-17(24)7-16(29(34)35)8-21(23)30(36)37/h7-10,12-13H,1-6H3,(H,25,31)/b27-26+. The minimum atomic E-state index is -0.986. The first-order chi connectivity index (χ1) is 18.7. The number of hydrogen-bond acceptors (Lipinski definition) is 13. The van der Waals surface area contributed by atoms with Crippen molar-refractivity contribution in [2.24, 2.45) is 10.2 Å². The van der Waals surface area contributed by atoms with Crippen LogP contribution in [0.25, 0.3) is 0 Å². The molecule has 2 aromatic rings. The molecular formula is C23H25ClN6O10. The number of nitro groups is 2. The number of halogens is 1. The van der Waals surface area contributed by atoms with Crippen molar-refractivity contribution < 1.29 is 38.4 Å². The maximum Gasteiger partial charge on any atom is 0.305 e. The van der Waals surface area contributed by atoms with E-state index in [1.165, 1.54) is 58.8 Å². The fraction of sp³-hybridized carbons (Fsp3) is 0.348. The summed E-state index contributed by atoms with van der Waals surface area (Å²) < 4.78 is 16.0. The molecule has 0 spiro atoms. The van der Waals surface area contributed by atoms with Gasteiger partial charge in [0.25, 0.3) is 5.69 Å². The van der Waals surface area contributed by atoms with Crippen LogP contribution in [-0.2, 0) is 23.9 Å². The lowest BCUT2D eigenvalue weighted by molar-refractivity contribution is -0.393. The molecule has 16 nitrogen and oxygen atoms in total. The summed E-state index contributed by atoms with van der Waals surface area (Å²) in [4.78, 5) is 57.6. The van der Waals surface area contributed by atoms with Crippen LogP contribution in [0.4, 0.5) is 34.1 Å². The number of hydrogen-bond donors (Lipinski definition) is 1. The van der Waals surface area contributed by atoms with E-state index in [0.29, 0.717) is 6.07 Å². The number of carbonyl (C=O) groups is 3. The fourth-order valence-electron chi connectivity index (χ4n) is 3.59. The van der Waals surface area contributed by atoms with Gasteiger partial charge in [0.15, 0.2) is 18.1 Å². The summed E-state index contributed by atoms with van der Waals surface area (Å²) in [5, 5.41) is 32.6. The molecule has 2 unspecified atom stereocenters. The lowest BCUT2D eigenvalue weighted by Gasteiger charge is -2.35. The van der Waals surface area contributed by atoms with Crippen LogP contribution in [-0.4, -0.2) is 47.3 Å². The highest BCUT2D eigenvalue weighted by Gasteiger charge is 2.29. The van der Waals surface area contributed by atoms with Gasteiger partial charge in [0.05, 0.1) is 39.4 Å². The third kappa shape index (κ3) is 7.83. The van der Waals surface area contributed by atoms with Gasteiger partial charge < -0.3 is 19.5 Å². The lowest BCUT2D eigenvalue weighted by atomic mass is 10.2. The number of azo groups is 1. The average Bonchev–Trinajstić information content (AvgIpc) is 2.82. The normalized spacial score (nSPS) is 12.3. The largest absolute Gasteiger partial charge is 0.494 e. The summed E-state index contributed by atoms with van der Waals surface area (Å²) in [5.74, 6) is -1.69. The molecule has 2 rings (SSSR count). The molecule has 0 heterocycles. The molecule has 0 saturated carbocycles. The number of non-ortho nitro benzene ring substituents is 1. The summed E-state index contributed by atoms with van der Waals surface area (Å²) in [6.07, 6.45) is -1.97. The summed E-state index contributed by atoms with van der Waals surface area (Å²) in [7, 11) is 1.31. The maximum absolute atomic E-state index is 12.0. The van der Waals surface area contributed by atoms with E-state index in [2.05, 4.69) is 15.5 Å². The first kappa shape index (κ1) is 31.4. The molecule has 2 aromatic carbocycles. The Kier molecular flexibility index (Phi) is 10.4. The van der Waals surface area contributed by atoms with E-state index >= 15 is 0 Å². The van der Waals surface area contributed by atoms with E-state index in [1.807, 2.05) is 0 Å². The number of methoxy groups -OCH3 is 1. The zero-order chi connectivity index (χ0) is 30.3. The van der Waals surface area contributed by atoms with Gasteiger partial charge >= 0.3 is 17.6 Å². The number of amides is 1. The topological polar surface area (TPSA) is 205 Å². The second-order valence-electron chi connectivity index (χ2n) is 8.06. The van der Waals surface area contributed by atoms with Crippen molar-refractivity contribution in [1.82, 2.24) is 0 Å². The van der Waals surface area contributed by atoms with Crippen LogP contribution in [0.1, 0.15) is 34.6 Å². The van der Waals surface area contributed by atoms with Crippen LogP contribution in [0, 0.1) is 20.2 Å².